The van der Waals surface area contributed by atoms with Crippen LogP contribution in [0.1, 0.15) is 25.0 Å². The van der Waals surface area contributed by atoms with E-state index in [4.69, 9.17) is 5.73 Å². The third-order valence-corrected chi connectivity index (χ3v) is 3.12. The highest BCUT2D eigenvalue weighted by Gasteiger charge is 2.36. The van der Waals surface area contributed by atoms with E-state index >= 15 is 0 Å². The smallest absolute Gasteiger partial charge is 0.0744 e. The van der Waals surface area contributed by atoms with Gasteiger partial charge in [0.05, 0.1) is 11.2 Å². The topological polar surface area (TPSA) is 38.9 Å². The number of nitrogens with zero attached hydrogens (tertiary/aromatic N) is 1. The van der Waals surface area contributed by atoms with E-state index in [0.717, 1.165) is 23.0 Å². The molecule has 0 radical (unpaired) electrons. The Bertz CT molecular complexity index is 299. The summed E-state index contributed by atoms with van der Waals surface area (Å²) in [6.45, 7) is 0. The quantitative estimate of drug-likeness (QED) is 0.846. The van der Waals surface area contributed by atoms with Gasteiger partial charge in [0.15, 0.2) is 0 Å². The van der Waals surface area contributed by atoms with Crippen molar-refractivity contribution in [3.05, 3.63) is 28.5 Å². The van der Waals surface area contributed by atoms with Gasteiger partial charge >= 0.3 is 0 Å². The zero-order valence-corrected chi connectivity index (χ0v) is 9.57. The Hall–Kier alpha value is -0.120. The van der Waals surface area contributed by atoms with Crippen LogP contribution in [0.2, 0.25) is 0 Å². The van der Waals surface area contributed by atoms with Gasteiger partial charge in [-0.05, 0) is 47.3 Å². The van der Waals surface area contributed by atoms with Gasteiger partial charge < -0.3 is 5.73 Å². The van der Waals surface area contributed by atoms with Gasteiger partial charge in [-0.1, -0.05) is 0 Å². The number of pyridine rings is 1. The van der Waals surface area contributed by atoms with Crippen molar-refractivity contribution in [1.82, 2.24) is 4.98 Å². The number of nitrogens with two attached hydrogens (primary N) is 1. The third kappa shape index (κ3) is 1.87. The molecule has 0 aliphatic heterocycles. The molecule has 1 aliphatic carbocycles. The third-order valence-electron chi connectivity index (χ3n) is 2.48. The van der Waals surface area contributed by atoms with Crippen LogP contribution in [0.3, 0.4) is 0 Å². The summed E-state index contributed by atoms with van der Waals surface area (Å²) in [5.41, 5.74) is 6.99. The van der Waals surface area contributed by atoms with E-state index in [1.807, 2.05) is 12.1 Å². The molecule has 0 spiro atoms. The molecular formula is C9H12BrClN2. The van der Waals surface area contributed by atoms with Crippen LogP contribution in [0.25, 0.3) is 0 Å². The standard InChI is InChI=1S/C9H11BrN2.ClH/c10-7-3-1-6-12-8(7)9(11)4-2-5-9;/h1,3,6H,2,4-5,11H2;1H. The number of hydrogen-bond donors (Lipinski definition) is 1. The number of halogens is 2. The van der Waals surface area contributed by atoms with E-state index in [0.29, 0.717) is 0 Å². The molecule has 0 saturated heterocycles. The van der Waals surface area contributed by atoms with Gasteiger partial charge in [-0.15, -0.1) is 12.4 Å². The number of rotatable bonds is 1. The lowest BCUT2D eigenvalue weighted by Crippen LogP contribution is -2.44. The fourth-order valence-electron chi connectivity index (χ4n) is 1.55. The van der Waals surface area contributed by atoms with Crippen LogP contribution in [0, 0.1) is 0 Å². The Labute approximate surface area is 92.5 Å². The lowest BCUT2D eigenvalue weighted by molar-refractivity contribution is 0.245. The first-order chi connectivity index (χ1) is 5.72. The minimum absolute atomic E-state index is 0. The van der Waals surface area contributed by atoms with Gasteiger partial charge in [0.1, 0.15) is 0 Å². The molecule has 0 amide bonds. The molecule has 4 heteroatoms. The molecule has 0 unspecified atom stereocenters. The molecule has 2 nitrogen and oxygen atoms in total. The summed E-state index contributed by atoms with van der Waals surface area (Å²) >= 11 is 3.46. The van der Waals surface area contributed by atoms with Crippen molar-refractivity contribution in [2.45, 2.75) is 24.8 Å². The Morgan fingerprint density at radius 2 is 2.15 bits per heavy atom. The fraction of sp³-hybridized carbons (Fsp3) is 0.444. The summed E-state index contributed by atoms with van der Waals surface area (Å²) < 4.78 is 1.03. The van der Waals surface area contributed by atoms with Crippen LogP contribution in [-0.2, 0) is 5.54 Å². The van der Waals surface area contributed by atoms with E-state index in [1.54, 1.807) is 6.20 Å². The average Bonchev–Trinajstić information content (AvgIpc) is 2.01. The summed E-state index contributed by atoms with van der Waals surface area (Å²) in [5, 5.41) is 0. The molecule has 0 atom stereocenters. The maximum atomic E-state index is 6.13. The van der Waals surface area contributed by atoms with Crippen LogP contribution in [0.5, 0.6) is 0 Å². The van der Waals surface area contributed by atoms with E-state index < -0.39 is 0 Å². The van der Waals surface area contributed by atoms with Gasteiger partial charge in [-0.2, -0.15) is 0 Å². The lowest BCUT2D eigenvalue weighted by atomic mass is 9.75. The second-order valence-electron chi connectivity index (χ2n) is 3.34. The van der Waals surface area contributed by atoms with Gasteiger partial charge in [0.25, 0.3) is 0 Å². The molecule has 1 fully saturated rings. The maximum absolute atomic E-state index is 6.13. The molecule has 2 rings (SSSR count). The maximum Gasteiger partial charge on any atom is 0.0744 e. The predicted molar refractivity (Wildman–Crippen MR) is 58.9 cm³/mol. The summed E-state index contributed by atoms with van der Waals surface area (Å²) in [5.74, 6) is 0. The molecule has 1 aliphatic rings. The lowest BCUT2D eigenvalue weighted by Gasteiger charge is -2.37. The Morgan fingerprint density at radius 3 is 2.62 bits per heavy atom. The molecule has 72 valence electrons. The van der Waals surface area contributed by atoms with Crippen molar-refractivity contribution in [2.75, 3.05) is 0 Å². The minimum Gasteiger partial charge on any atom is -0.320 e. The van der Waals surface area contributed by atoms with E-state index in [-0.39, 0.29) is 17.9 Å². The molecule has 1 saturated carbocycles. The predicted octanol–water partition coefficient (Wildman–Crippen LogP) is 2.60. The van der Waals surface area contributed by atoms with Crippen LogP contribution < -0.4 is 5.73 Å². The molecule has 0 bridgehead atoms. The van der Waals surface area contributed by atoms with Gasteiger partial charge in [0, 0.05) is 10.7 Å². The number of aromatic nitrogens is 1. The first kappa shape index (κ1) is 11.0. The molecule has 0 aromatic carbocycles. The van der Waals surface area contributed by atoms with Crippen molar-refractivity contribution < 1.29 is 0 Å². The number of hydrogen-bond acceptors (Lipinski definition) is 2. The molecule has 1 aromatic rings. The summed E-state index contributed by atoms with van der Waals surface area (Å²) in [6, 6.07) is 3.91. The van der Waals surface area contributed by atoms with Crippen molar-refractivity contribution in [3.63, 3.8) is 0 Å². The largest absolute Gasteiger partial charge is 0.320 e. The summed E-state index contributed by atoms with van der Waals surface area (Å²) in [7, 11) is 0. The summed E-state index contributed by atoms with van der Waals surface area (Å²) in [4.78, 5) is 4.30. The summed E-state index contributed by atoms with van der Waals surface area (Å²) in [6.07, 6.45) is 5.14. The van der Waals surface area contributed by atoms with Crippen molar-refractivity contribution in [1.29, 1.82) is 0 Å². The molecule has 1 heterocycles. The average molecular weight is 264 g/mol. The van der Waals surface area contributed by atoms with E-state index in [1.165, 1.54) is 6.42 Å². The SMILES string of the molecule is Cl.NC1(c2ncccc2Br)CCC1. The normalized spacial score (nSPS) is 18.6. The molecule has 13 heavy (non-hydrogen) atoms. The zero-order valence-electron chi connectivity index (χ0n) is 7.16. The van der Waals surface area contributed by atoms with Crippen molar-refractivity contribution in [2.24, 2.45) is 5.73 Å². The first-order valence-electron chi connectivity index (χ1n) is 4.12. The first-order valence-corrected chi connectivity index (χ1v) is 4.91. The minimum atomic E-state index is -0.153. The van der Waals surface area contributed by atoms with Crippen LogP contribution >= 0.6 is 28.3 Å². The molecular weight excluding hydrogens is 251 g/mol. The van der Waals surface area contributed by atoms with E-state index in [9.17, 15) is 0 Å². The highest BCUT2D eigenvalue weighted by molar-refractivity contribution is 9.10. The van der Waals surface area contributed by atoms with Gasteiger partial charge in [0.2, 0.25) is 0 Å². The van der Waals surface area contributed by atoms with Gasteiger partial charge in [-0.25, -0.2) is 0 Å². The Balaban J connectivity index is 0.000000845. The second kappa shape index (κ2) is 3.95. The second-order valence-corrected chi connectivity index (χ2v) is 4.20. The van der Waals surface area contributed by atoms with Gasteiger partial charge in [-0.3, -0.25) is 4.98 Å². The highest BCUT2D eigenvalue weighted by Crippen LogP contribution is 2.40. The van der Waals surface area contributed by atoms with Crippen LogP contribution in [-0.4, -0.2) is 4.98 Å². The van der Waals surface area contributed by atoms with Crippen molar-refractivity contribution in [3.8, 4) is 0 Å². The molecule has 1 aromatic heterocycles. The Morgan fingerprint density at radius 1 is 1.46 bits per heavy atom. The Kier molecular flexibility index (Phi) is 3.33. The zero-order chi connectivity index (χ0) is 8.60. The van der Waals surface area contributed by atoms with Crippen LogP contribution in [0.15, 0.2) is 22.8 Å². The van der Waals surface area contributed by atoms with Crippen LogP contribution in [0.4, 0.5) is 0 Å². The van der Waals surface area contributed by atoms with E-state index in [2.05, 4.69) is 20.9 Å². The highest BCUT2D eigenvalue weighted by atomic mass is 79.9. The van der Waals surface area contributed by atoms with Crippen molar-refractivity contribution >= 4 is 28.3 Å². The molecule has 2 N–H and O–H groups in total. The fourth-order valence-corrected chi connectivity index (χ4v) is 2.20. The monoisotopic (exact) mass is 262 g/mol.